The average Bonchev–Trinajstić information content (AvgIpc) is 2.69. The highest BCUT2D eigenvalue weighted by atomic mass is 35.5. The minimum Gasteiger partial charge on any atom is -0.306 e. The Balaban J connectivity index is 2.48. The van der Waals surface area contributed by atoms with E-state index >= 15 is 0 Å². The summed E-state index contributed by atoms with van der Waals surface area (Å²) in [6.45, 7) is 6.67. The van der Waals surface area contributed by atoms with Crippen molar-refractivity contribution in [3.05, 3.63) is 21.3 Å². The maximum atomic E-state index is 5.97. The topological polar surface area (TPSA) is 12.0 Å². The molecule has 0 fully saturated rings. The third-order valence-electron chi connectivity index (χ3n) is 2.40. The Labute approximate surface area is 112 Å². The van der Waals surface area contributed by atoms with Crippen molar-refractivity contribution in [1.29, 1.82) is 0 Å². The van der Waals surface area contributed by atoms with Crippen LogP contribution in [0, 0.1) is 0 Å². The van der Waals surface area contributed by atoms with Crippen molar-refractivity contribution in [3.8, 4) is 0 Å². The average molecular weight is 278 g/mol. The van der Waals surface area contributed by atoms with Crippen LogP contribution in [0.15, 0.2) is 12.1 Å². The van der Waals surface area contributed by atoms with E-state index in [1.54, 1.807) is 11.3 Å². The predicted molar refractivity (Wildman–Crippen MR) is 78.0 cm³/mol. The molecule has 0 aromatic carbocycles. The van der Waals surface area contributed by atoms with Gasteiger partial charge in [0.1, 0.15) is 0 Å². The summed E-state index contributed by atoms with van der Waals surface area (Å²) >= 11 is 9.63. The molecule has 1 aromatic heterocycles. The van der Waals surface area contributed by atoms with Gasteiger partial charge in [0.15, 0.2) is 0 Å². The number of rotatable bonds is 7. The smallest absolute Gasteiger partial charge is 0.0931 e. The second-order valence-corrected chi connectivity index (χ2v) is 6.90. The Kier molecular flexibility index (Phi) is 6.81. The number of thioether (sulfide) groups is 1. The van der Waals surface area contributed by atoms with Gasteiger partial charge < -0.3 is 5.32 Å². The van der Waals surface area contributed by atoms with Gasteiger partial charge in [-0.15, -0.1) is 11.3 Å². The summed E-state index contributed by atoms with van der Waals surface area (Å²) in [5.41, 5.74) is 0. The number of hydrogen-bond acceptors (Lipinski definition) is 3. The molecule has 1 heterocycles. The first-order chi connectivity index (χ1) is 7.67. The van der Waals surface area contributed by atoms with Crippen molar-refractivity contribution in [3.63, 3.8) is 0 Å². The van der Waals surface area contributed by atoms with Gasteiger partial charge in [0.05, 0.1) is 4.34 Å². The normalized spacial score (nSPS) is 15.0. The van der Waals surface area contributed by atoms with Crippen LogP contribution in [0.25, 0.3) is 0 Å². The second kappa shape index (κ2) is 7.59. The van der Waals surface area contributed by atoms with E-state index in [9.17, 15) is 0 Å². The van der Waals surface area contributed by atoms with E-state index in [1.807, 2.05) is 17.8 Å². The van der Waals surface area contributed by atoms with Gasteiger partial charge in [0, 0.05) is 22.7 Å². The molecule has 0 saturated carbocycles. The summed E-state index contributed by atoms with van der Waals surface area (Å²) < 4.78 is 0.880. The van der Waals surface area contributed by atoms with Crippen molar-refractivity contribution < 1.29 is 0 Å². The number of hydrogen-bond donors (Lipinski definition) is 1. The fraction of sp³-hybridized carbons (Fsp3) is 0.667. The van der Waals surface area contributed by atoms with Crippen molar-refractivity contribution in [2.24, 2.45) is 0 Å². The van der Waals surface area contributed by atoms with Crippen LogP contribution in [0.4, 0.5) is 0 Å². The molecule has 4 heteroatoms. The van der Waals surface area contributed by atoms with Gasteiger partial charge in [-0.25, -0.2) is 0 Å². The van der Waals surface area contributed by atoms with Gasteiger partial charge in [0.2, 0.25) is 0 Å². The predicted octanol–water partition coefficient (Wildman–Crippen LogP) is 4.58. The Hall–Kier alpha value is 0.300. The summed E-state index contributed by atoms with van der Waals surface area (Å²) in [7, 11) is 0. The first kappa shape index (κ1) is 14.4. The van der Waals surface area contributed by atoms with Gasteiger partial charge in [0.25, 0.3) is 0 Å². The van der Waals surface area contributed by atoms with E-state index in [2.05, 4.69) is 32.2 Å². The largest absolute Gasteiger partial charge is 0.306 e. The van der Waals surface area contributed by atoms with Crippen LogP contribution in [-0.4, -0.2) is 17.5 Å². The van der Waals surface area contributed by atoms with Gasteiger partial charge in [-0.1, -0.05) is 25.4 Å². The first-order valence-electron chi connectivity index (χ1n) is 5.76. The zero-order chi connectivity index (χ0) is 12.0. The van der Waals surface area contributed by atoms with E-state index < -0.39 is 0 Å². The van der Waals surface area contributed by atoms with Gasteiger partial charge in [-0.3, -0.25) is 0 Å². The lowest BCUT2D eigenvalue weighted by atomic mass is 10.1. The number of halogens is 1. The van der Waals surface area contributed by atoms with E-state index in [0.29, 0.717) is 12.1 Å². The lowest BCUT2D eigenvalue weighted by Gasteiger charge is -2.21. The summed E-state index contributed by atoms with van der Waals surface area (Å²) in [6.07, 6.45) is 1.11. The van der Waals surface area contributed by atoms with Crippen molar-refractivity contribution in [2.45, 2.75) is 39.3 Å². The zero-order valence-corrected chi connectivity index (χ0v) is 12.5. The molecule has 0 aliphatic rings. The van der Waals surface area contributed by atoms with E-state index in [1.165, 1.54) is 16.4 Å². The molecule has 92 valence electrons. The molecule has 0 spiro atoms. The monoisotopic (exact) mass is 277 g/mol. The van der Waals surface area contributed by atoms with Gasteiger partial charge >= 0.3 is 0 Å². The molecule has 2 atom stereocenters. The zero-order valence-electron chi connectivity index (χ0n) is 10.1. The summed E-state index contributed by atoms with van der Waals surface area (Å²) in [4.78, 5) is 1.35. The minimum absolute atomic E-state index is 0.449. The van der Waals surface area contributed by atoms with Crippen LogP contribution in [0.1, 0.15) is 38.1 Å². The number of thiophene rings is 1. The molecule has 0 aliphatic carbocycles. The molecule has 2 unspecified atom stereocenters. The maximum absolute atomic E-state index is 5.97. The molecule has 0 amide bonds. The lowest BCUT2D eigenvalue weighted by molar-refractivity contribution is 0.476. The highest BCUT2D eigenvalue weighted by Gasteiger charge is 2.14. The quantitative estimate of drug-likeness (QED) is 0.783. The highest BCUT2D eigenvalue weighted by molar-refractivity contribution is 7.99. The van der Waals surface area contributed by atoms with Crippen molar-refractivity contribution in [2.75, 3.05) is 11.5 Å². The molecular formula is C12H20ClNS2. The Morgan fingerprint density at radius 3 is 2.69 bits per heavy atom. The van der Waals surface area contributed by atoms with Gasteiger partial charge in [-0.2, -0.15) is 11.8 Å². The van der Waals surface area contributed by atoms with Crippen molar-refractivity contribution >= 4 is 34.7 Å². The molecule has 1 aromatic rings. The Bertz CT molecular complexity index is 301. The third-order valence-corrected chi connectivity index (χ3v) is 4.89. The fourth-order valence-electron chi connectivity index (χ4n) is 1.60. The van der Waals surface area contributed by atoms with Crippen LogP contribution in [0.3, 0.4) is 0 Å². The van der Waals surface area contributed by atoms with E-state index in [0.717, 1.165) is 10.8 Å². The molecule has 0 bridgehead atoms. The van der Waals surface area contributed by atoms with Crippen molar-refractivity contribution in [1.82, 2.24) is 5.32 Å². The molecule has 1 nitrogen and oxygen atoms in total. The standard InChI is InChI=1S/C12H20ClNS2/c1-4-10(11-6-7-12(13)16-11)14-9(3)8-15-5-2/h6-7,9-10,14H,4-5,8H2,1-3H3. The van der Waals surface area contributed by atoms with Crippen LogP contribution >= 0.6 is 34.7 Å². The van der Waals surface area contributed by atoms with E-state index in [4.69, 9.17) is 11.6 Å². The fourth-order valence-corrected chi connectivity index (χ4v) is 3.49. The van der Waals surface area contributed by atoms with Crippen LogP contribution in [-0.2, 0) is 0 Å². The lowest BCUT2D eigenvalue weighted by Crippen LogP contribution is -2.31. The Morgan fingerprint density at radius 2 is 2.19 bits per heavy atom. The second-order valence-electron chi connectivity index (χ2n) is 3.83. The summed E-state index contributed by atoms with van der Waals surface area (Å²) in [5.74, 6) is 2.36. The SMILES string of the molecule is CCSCC(C)NC(CC)c1ccc(Cl)s1. The summed E-state index contributed by atoms with van der Waals surface area (Å²) in [6, 6.07) is 5.12. The minimum atomic E-state index is 0.449. The highest BCUT2D eigenvalue weighted by Crippen LogP contribution is 2.29. The third kappa shape index (κ3) is 4.66. The molecule has 0 aliphatic heterocycles. The first-order valence-corrected chi connectivity index (χ1v) is 8.11. The summed E-state index contributed by atoms with van der Waals surface area (Å²) in [5, 5.41) is 3.66. The van der Waals surface area contributed by atoms with Crippen LogP contribution < -0.4 is 5.32 Å². The molecule has 0 radical (unpaired) electrons. The van der Waals surface area contributed by atoms with Crippen LogP contribution in [0.2, 0.25) is 4.34 Å². The molecular weight excluding hydrogens is 258 g/mol. The van der Waals surface area contributed by atoms with Gasteiger partial charge in [-0.05, 0) is 31.2 Å². The molecule has 0 saturated heterocycles. The van der Waals surface area contributed by atoms with Crippen LogP contribution in [0.5, 0.6) is 0 Å². The molecule has 1 N–H and O–H groups in total. The Morgan fingerprint density at radius 1 is 1.44 bits per heavy atom. The maximum Gasteiger partial charge on any atom is 0.0931 e. The number of nitrogens with one attached hydrogen (secondary N) is 1. The van der Waals surface area contributed by atoms with E-state index in [-0.39, 0.29) is 0 Å². The molecule has 16 heavy (non-hydrogen) atoms. The molecule has 1 rings (SSSR count).